The van der Waals surface area contributed by atoms with Crippen molar-refractivity contribution in [3.8, 4) is 0 Å². The van der Waals surface area contributed by atoms with Crippen LogP contribution in [0.1, 0.15) is 17.9 Å². The minimum Gasteiger partial charge on any atom is -0.372 e. The van der Waals surface area contributed by atoms with Crippen molar-refractivity contribution in [2.24, 2.45) is 5.92 Å². The number of aromatic nitrogens is 2. The van der Waals surface area contributed by atoms with Crippen molar-refractivity contribution < 1.29 is 13.9 Å². The molecule has 0 saturated carbocycles. The first kappa shape index (κ1) is 19.5. The lowest BCUT2D eigenvalue weighted by Crippen LogP contribution is -2.46. The van der Waals surface area contributed by atoms with Gasteiger partial charge in [0.05, 0.1) is 35.0 Å². The van der Waals surface area contributed by atoms with Gasteiger partial charge in [0.2, 0.25) is 11.9 Å². The lowest BCUT2D eigenvalue weighted by molar-refractivity contribution is -0.121. The highest BCUT2D eigenvalue weighted by molar-refractivity contribution is 6.41. The second-order valence-corrected chi connectivity index (χ2v) is 8.12. The number of hydrogen-bond donors (Lipinski definition) is 1. The molecule has 2 aliphatic heterocycles. The number of fused-ring (bicyclic) bond motifs is 2. The Hall–Kier alpha value is -1.80. The molecule has 4 heterocycles. The number of ether oxygens (including phenoxy) is 1. The van der Waals surface area contributed by atoms with Crippen LogP contribution in [0.2, 0.25) is 10.2 Å². The monoisotopic (exact) mass is 424 g/mol. The highest BCUT2D eigenvalue weighted by atomic mass is 35.5. The maximum Gasteiger partial charge on any atom is 0.230 e. The third kappa shape index (κ3) is 3.48. The van der Waals surface area contributed by atoms with Gasteiger partial charge < -0.3 is 15.0 Å². The van der Waals surface area contributed by atoms with Crippen molar-refractivity contribution in [1.29, 1.82) is 0 Å². The number of amides is 1. The van der Waals surface area contributed by atoms with Gasteiger partial charge in [-0.1, -0.05) is 23.2 Å². The molecule has 1 N–H and O–H groups in total. The maximum absolute atomic E-state index is 13.8. The van der Waals surface area contributed by atoms with Crippen LogP contribution in [0.3, 0.4) is 0 Å². The highest BCUT2D eigenvalue weighted by Gasteiger charge is 2.57. The molecule has 4 rings (SSSR count). The quantitative estimate of drug-likeness (QED) is 0.762. The fourth-order valence-corrected chi connectivity index (χ4v) is 4.55. The first-order valence-electron chi connectivity index (χ1n) is 8.90. The zero-order chi connectivity index (χ0) is 20.0. The Balaban J connectivity index is 1.64. The second-order valence-electron chi connectivity index (χ2n) is 7.36. The van der Waals surface area contributed by atoms with Gasteiger partial charge in [0.25, 0.3) is 0 Å². The Kier molecular flexibility index (Phi) is 5.26. The van der Waals surface area contributed by atoms with Gasteiger partial charge in [0, 0.05) is 18.2 Å². The van der Waals surface area contributed by atoms with Gasteiger partial charge in [0.15, 0.2) is 0 Å². The Morgan fingerprint density at radius 1 is 1.32 bits per heavy atom. The Morgan fingerprint density at radius 3 is 2.79 bits per heavy atom. The number of anilines is 1. The van der Waals surface area contributed by atoms with Gasteiger partial charge in [0.1, 0.15) is 5.15 Å². The molecule has 28 heavy (non-hydrogen) atoms. The Labute approximate surface area is 172 Å². The van der Waals surface area contributed by atoms with Crippen LogP contribution < -0.4 is 5.32 Å². The molecule has 148 valence electrons. The van der Waals surface area contributed by atoms with Crippen LogP contribution in [0, 0.1) is 11.9 Å². The van der Waals surface area contributed by atoms with Gasteiger partial charge in [-0.15, -0.1) is 0 Å². The largest absolute Gasteiger partial charge is 0.372 e. The van der Waals surface area contributed by atoms with Crippen LogP contribution >= 0.6 is 23.2 Å². The van der Waals surface area contributed by atoms with Crippen molar-refractivity contribution in [3.63, 3.8) is 0 Å². The summed E-state index contributed by atoms with van der Waals surface area (Å²) in [6.07, 6.45) is 3.14. The first-order valence-corrected chi connectivity index (χ1v) is 9.66. The van der Waals surface area contributed by atoms with Gasteiger partial charge >= 0.3 is 0 Å². The molecule has 2 aliphatic rings. The lowest BCUT2D eigenvalue weighted by Gasteiger charge is -2.35. The van der Waals surface area contributed by atoms with E-state index in [0.29, 0.717) is 11.3 Å². The summed E-state index contributed by atoms with van der Waals surface area (Å²) >= 11 is 11.8. The molecule has 9 heteroatoms. The highest BCUT2D eigenvalue weighted by Crippen LogP contribution is 2.50. The molecule has 5 atom stereocenters. The van der Waals surface area contributed by atoms with Gasteiger partial charge in [-0.25, -0.2) is 9.97 Å². The number of pyridine rings is 2. The van der Waals surface area contributed by atoms with Crippen molar-refractivity contribution in [2.45, 2.75) is 30.6 Å². The summed E-state index contributed by atoms with van der Waals surface area (Å²) in [7, 11) is 3.96. The van der Waals surface area contributed by atoms with E-state index in [-0.39, 0.29) is 40.3 Å². The summed E-state index contributed by atoms with van der Waals surface area (Å²) in [4.78, 5) is 22.8. The number of rotatable bonds is 4. The van der Waals surface area contributed by atoms with Crippen LogP contribution in [0.4, 0.5) is 10.1 Å². The standard InChI is InChI=1S/C19H19Cl2FN4O2/c1-26(2)12-7-13-16(19(27)25-10-6-11(20)18(21)24-8-10)15(17(12)28-13)9-3-4-23-14(22)5-9/h3-6,8,12-13,15-17H,7H2,1-2H3,(H,25,27)/t12-,13-,15-,16+,17+/m1/s1. The van der Waals surface area contributed by atoms with Crippen LogP contribution in [0.25, 0.3) is 0 Å². The molecule has 0 aliphatic carbocycles. The molecule has 6 nitrogen and oxygen atoms in total. The number of nitrogens with zero attached hydrogens (tertiary/aromatic N) is 3. The summed E-state index contributed by atoms with van der Waals surface area (Å²) in [5.41, 5.74) is 1.16. The SMILES string of the molecule is CN(C)[C@@H]1C[C@H]2O[C@@H]1[C@H](c1ccnc(F)c1)[C@H]2C(=O)Nc1cnc(Cl)c(Cl)c1. The second kappa shape index (κ2) is 7.55. The number of hydrogen-bond acceptors (Lipinski definition) is 5. The third-order valence-corrected chi connectivity index (χ3v) is 6.18. The van der Waals surface area contributed by atoms with E-state index in [1.165, 1.54) is 18.5 Å². The molecule has 0 radical (unpaired) electrons. The number of nitrogens with one attached hydrogen (secondary N) is 1. The van der Waals surface area contributed by atoms with E-state index in [4.69, 9.17) is 27.9 Å². The molecule has 1 amide bonds. The van der Waals surface area contributed by atoms with Gasteiger partial charge in [-0.05, 0) is 44.3 Å². The predicted molar refractivity (Wildman–Crippen MR) is 104 cm³/mol. The van der Waals surface area contributed by atoms with Crippen molar-refractivity contribution in [2.75, 3.05) is 19.4 Å². The predicted octanol–water partition coefficient (Wildman–Crippen LogP) is 3.36. The summed E-state index contributed by atoms with van der Waals surface area (Å²) in [6, 6.07) is 4.82. The van der Waals surface area contributed by atoms with E-state index in [1.54, 1.807) is 12.1 Å². The van der Waals surface area contributed by atoms with Crippen molar-refractivity contribution >= 4 is 34.8 Å². The Morgan fingerprint density at radius 2 is 2.11 bits per heavy atom. The average molecular weight is 425 g/mol. The normalized spacial score (nSPS) is 28.7. The smallest absolute Gasteiger partial charge is 0.230 e. The summed E-state index contributed by atoms with van der Waals surface area (Å²) in [6.45, 7) is 0. The summed E-state index contributed by atoms with van der Waals surface area (Å²) < 4.78 is 19.9. The molecular formula is C19H19Cl2FN4O2. The number of likely N-dealkylation sites (N-methyl/N-ethyl adjacent to an activating group) is 1. The Bertz CT molecular complexity index is 913. The lowest BCUT2D eigenvalue weighted by atomic mass is 9.73. The molecule has 2 saturated heterocycles. The fourth-order valence-electron chi connectivity index (χ4n) is 4.28. The van der Waals surface area contributed by atoms with Crippen LogP contribution in [-0.2, 0) is 9.53 Å². The molecule has 2 fully saturated rings. The van der Waals surface area contributed by atoms with E-state index < -0.39 is 11.9 Å². The first-order chi connectivity index (χ1) is 13.3. The maximum atomic E-state index is 13.8. The molecule has 0 spiro atoms. The van der Waals surface area contributed by atoms with Crippen LogP contribution in [-0.4, -0.2) is 53.1 Å². The summed E-state index contributed by atoms with van der Waals surface area (Å²) in [5.74, 6) is -1.53. The number of carbonyl (C=O) groups is 1. The number of halogens is 3. The molecular weight excluding hydrogens is 406 g/mol. The van der Waals surface area contributed by atoms with Gasteiger partial charge in [-0.2, -0.15) is 4.39 Å². The molecule has 2 aromatic rings. The zero-order valence-electron chi connectivity index (χ0n) is 15.3. The zero-order valence-corrected chi connectivity index (χ0v) is 16.8. The van der Waals surface area contributed by atoms with Crippen molar-refractivity contribution in [3.05, 3.63) is 52.3 Å². The van der Waals surface area contributed by atoms with Crippen LogP contribution in [0.15, 0.2) is 30.6 Å². The van der Waals surface area contributed by atoms with Crippen molar-refractivity contribution in [1.82, 2.24) is 14.9 Å². The molecule has 2 bridgehead atoms. The topological polar surface area (TPSA) is 67.3 Å². The van der Waals surface area contributed by atoms with Gasteiger partial charge in [-0.3, -0.25) is 4.79 Å². The van der Waals surface area contributed by atoms with E-state index in [1.807, 2.05) is 14.1 Å². The fraction of sp³-hybridized carbons (Fsp3) is 0.421. The number of carbonyl (C=O) groups excluding carboxylic acids is 1. The minimum atomic E-state index is -0.575. The minimum absolute atomic E-state index is 0.155. The van der Waals surface area contributed by atoms with E-state index in [0.717, 1.165) is 6.42 Å². The van der Waals surface area contributed by atoms with E-state index >= 15 is 0 Å². The summed E-state index contributed by atoms with van der Waals surface area (Å²) in [5, 5.41) is 3.27. The molecule has 2 aromatic heterocycles. The average Bonchev–Trinajstić information content (AvgIpc) is 3.23. The molecule has 0 aromatic carbocycles. The molecule has 0 unspecified atom stereocenters. The van der Waals surface area contributed by atoms with Crippen LogP contribution in [0.5, 0.6) is 0 Å². The third-order valence-electron chi connectivity index (χ3n) is 5.49. The van der Waals surface area contributed by atoms with E-state index in [9.17, 15) is 9.18 Å². The van der Waals surface area contributed by atoms with E-state index in [2.05, 4.69) is 20.2 Å².